The van der Waals surface area contributed by atoms with Crippen LogP contribution in [-0.2, 0) is 16.1 Å². The highest BCUT2D eigenvalue weighted by molar-refractivity contribution is 5.90. The summed E-state index contributed by atoms with van der Waals surface area (Å²) < 4.78 is 1.71. The Morgan fingerprint density at radius 3 is 2.36 bits per heavy atom. The van der Waals surface area contributed by atoms with Gasteiger partial charge in [-0.05, 0) is 49.9 Å². The minimum Gasteiger partial charge on any atom is -0.341 e. The number of piperidine rings is 1. The Hall–Kier alpha value is -3.48. The molecule has 0 radical (unpaired) electrons. The lowest BCUT2D eigenvalue weighted by Crippen LogP contribution is -2.38. The Balaban J connectivity index is 1.56. The minimum absolute atomic E-state index is 0.0228. The molecule has 1 aliphatic rings. The van der Waals surface area contributed by atoms with Crippen LogP contribution < -0.4 is 5.32 Å². The number of rotatable bonds is 8. The van der Waals surface area contributed by atoms with Crippen molar-refractivity contribution in [1.29, 1.82) is 0 Å². The van der Waals surface area contributed by atoms with E-state index in [9.17, 15) is 9.59 Å². The van der Waals surface area contributed by atoms with Gasteiger partial charge in [0.25, 0.3) is 0 Å². The van der Waals surface area contributed by atoms with Crippen LogP contribution in [0, 0.1) is 0 Å². The summed E-state index contributed by atoms with van der Waals surface area (Å²) in [6, 6.07) is 17.3. The molecule has 0 atom stereocenters. The number of aromatic nitrogens is 3. The largest absolute Gasteiger partial charge is 0.341 e. The molecule has 0 unspecified atom stereocenters. The minimum atomic E-state index is 0.0228. The highest BCUT2D eigenvalue weighted by atomic mass is 16.2. The number of anilines is 1. The lowest BCUT2D eigenvalue weighted by atomic mass is 10.1. The van der Waals surface area contributed by atoms with E-state index in [1.54, 1.807) is 4.68 Å². The van der Waals surface area contributed by atoms with Crippen molar-refractivity contribution in [2.75, 3.05) is 18.4 Å². The van der Waals surface area contributed by atoms with E-state index in [1.165, 1.54) is 6.42 Å². The summed E-state index contributed by atoms with van der Waals surface area (Å²) in [4.78, 5) is 31.6. The molecule has 3 aromatic rings. The molecular formula is C26H31N5O2. The number of nitrogens with zero attached hydrogens (tertiary/aromatic N) is 4. The molecular weight excluding hydrogens is 414 g/mol. The van der Waals surface area contributed by atoms with Crippen molar-refractivity contribution < 1.29 is 9.59 Å². The Morgan fingerprint density at radius 2 is 1.67 bits per heavy atom. The van der Waals surface area contributed by atoms with Gasteiger partial charge >= 0.3 is 0 Å². The Labute approximate surface area is 194 Å². The van der Waals surface area contributed by atoms with Gasteiger partial charge in [0.05, 0.1) is 0 Å². The second-order valence-corrected chi connectivity index (χ2v) is 8.45. The number of likely N-dealkylation sites (tertiary alicyclic amines) is 1. The van der Waals surface area contributed by atoms with Gasteiger partial charge in [0.1, 0.15) is 6.54 Å². The van der Waals surface area contributed by atoms with Crippen LogP contribution in [0.15, 0.2) is 54.6 Å². The van der Waals surface area contributed by atoms with Crippen molar-refractivity contribution in [2.24, 2.45) is 0 Å². The van der Waals surface area contributed by atoms with Gasteiger partial charge in [-0.1, -0.05) is 43.7 Å². The fraction of sp³-hybridized carbons (Fsp3) is 0.385. The number of benzene rings is 2. The van der Waals surface area contributed by atoms with Crippen LogP contribution in [0.25, 0.3) is 22.8 Å². The molecule has 1 aromatic heterocycles. The predicted molar refractivity (Wildman–Crippen MR) is 129 cm³/mol. The third-order valence-corrected chi connectivity index (χ3v) is 5.88. The quantitative estimate of drug-likeness (QED) is 0.542. The van der Waals surface area contributed by atoms with Gasteiger partial charge in [-0.2, -0.15) is 0 Å². The zero-order valence-electron chi connectivity index (χ0n) is 19.2. The molecule has 7 heteroatoms. The van der Waals surface area contributed by atoms with E-state index in [-0.39, 0.29) is 18.4 Å². The summed E-state index contributed by atoms with van der Waals surface area (Å²) in [6.45, 7) is 3.86. The highest BCUT2D eigenvalue weighted by Crippen LogP contribution is 2.24. The van der Waals surface area contributed by atoms with Gasteiger partial charge in [0, 0.05) is 36.3 Å². The number of hydrogen-bond acceptors (Lipinski definition) is 4. The van der Waals surface area contributed by atoms with E-state index in [0.29, 0.717) is 18.1 Å². The molecule has 172 valence electrons. The number of unbranched alkanes of at least 4 members (excludes halogenated alkanes) is 1. The molecule has 0 saturated carbocycles. The third-order valence-electron chi connectivity index (χ3n) is 5.88. The first-order chi connectivity index (χ1) is 16.1. The summed E-state index contributed by atoms with van der Waals surface area (Å²) in [7, 11) is 0. The average molecular weight is 446 g/mol. The van der Waals surface area contributed by atoms with Crippen LogP contribution >= 0.6 is 0 Å². The molecule has 0 aliphatic carbocycles. The van der Waals surface area contributed by atoms with E-state index in [0.717, 1.165) is 55.6 Å². The van der Waals surface area contributed by atoms with E-state index >= 15 is 0 Å². The maximum Gasteiger partial charge on any atom is 0.244 e. The lowest BCUT2D eigenvalue weighted by molar-refractivity contribution is -0.132. The lowest BCUT2D eigenvalue weighted by Gasteiger charge is -2.26. The monoisotopic (exact) mass is 445 g/mol. The molecule has 4 rings (SSSR count). The normalized spacial score (nSPS) is 13.7. The van der Waals surface area contributed by atoms with Gasteiger partial charge in [-0.3, -0.25) is 9.59 Å². The number of carbonyl (C=O) groups is 2. The van der Waals surface area contributed by atoms with Gasteiger partial charge in [0.15, 0.2) is 11.6 Å². The first-order valence-electron chi connectivity index (χ1n) is 11.8. The van der Waals surface area contributed by atoms with Crippen LogP contribution in [0.5, 0.6) is 0 Å². The zero-order chi connectivity index (χ0) is 23.0. The van der Waals surface area contributed by atoms with Crippen molar-refractivity contribution >= 4 is 17.5 Å². The van der Waals surface area contributed by atoms with E-state index < -0.39 is 0 Å². The molecule has 2 aromatic carbocycles. The van der Waals surface area contributed by atoms with E-state index in [1.807, 2.05) is 59.5 Å². The smallest absolute Gasteiger partial charge is 0.244 e. The van der Waals surface area contributed by atoms with Crippen molar-refractivity contribution in [3.63, 3.8) is 0 Å². The summed E-state index contributed by atoms with van der Waals surface area (Å²) in [6.07, 6.45) is 5.69. The number of amides is 2. The summed E-state index contributed by atoms with van der Waals surface area (Å²) in [5, 5.41) is 7.62. The SMILES string of the molecule is CCCCC(=O)Nc1ccc(-c2nc(-c3ccccc3)n(CC(=O)N3CCCCC3)n2)cc1. The highest BCUT2D eigenvalue weighted by Gasteiger charge is 2.21. The summed E-state index contributed by atoms with van der Waals surface area (Å²) >= 11 is 0. The molecule has 7 nitrogen and oxygen atoms in total. The molecule has 2 heterocycles. The van der Waals surface area contributed by atoms with Crippen molar-refractivity contribution in [2.45, 2.75) is 52.0 Å². The number of nitrogens with one attached hydrogen (secondary N) is 1. The van der Waals surface area contributed by atoms with E-state index in [2.05, 4.69) is 12.2 Å². The molecule has 33 heavy (non-hydrogen) atoms. The zero-order valence-corrected chi connectivity index (χ0v) is 19.2. The fourth-order valence-electron chi connectivity index (χ4n) is 4.01. The molecule has 1 N–H and O–H groups in total. The Kier molecular flexibility index (Phi) is 7.50. The van der Waals surface area contributed by atoms with Crippen LogP contribution in [0.1, 0.15) is 45.4 Å². The third kappa shape index (κ3) is 5.86. The summed E-state index contributed by atoms with van der Waals surface area (Å²) in [5.74, 6) is 1.33. The topological polar surface area (TPSA) is 80.1 Å². The van der Waals surface area contributed by atoms with Gasteiger partial charge < -0.3 is 10.2 Å². The van der Waals surface area contributed by atoms with Crippen LogP contribution in [0.2, 0.25) is 0 Å². The second kappa shape index (κ2) is 10.9. The average Bonchev–Trinajstić information content (AvgIpc) is 3.28. The molecule has 1 fully saturated rings. The van der Waals surface area contributed by atoms with Crippen LogP contribution in [-0.4, -0.2) is 44.6 Å². The molecule has 1 saturated heterocycles. The fourth-order valence-corrected chi connectivity index (χ4v) is 4.01. The number of hydrogen-bond donors (Lipinski definition) is 1. The first-order valence-corrected chi connectivity index (χ1v) is 11.8. The second-order valence-electron chi connectivity index (χ2n) is 8.45. The number of carbonyl (C=O) groups excluding carboxylic acids is 2. The Morgan fingerprint density at radius 1 is 0.939 bits per heavy atom. The molecule has 0 bridgehead atoms. The molecule has 2 amide bonds. The van der Waals surface area contributed by atoms with E-state index in [4.69, 9.17) is 10.1 Å². The van der Waals surface area contributed by atoms with Gasteiger partial charge in [-0.25, -0.2) is 9.67 Å². The maximum absolute atomic E-state index is 12.9. The first kappa shape index (κ1) is 22.7. The molecule has 0 spiro atoms. The predicted octanol–water partition coefficient (Wildman–Crippen LogP) is 4.75. The van der Waals surface area contributed by atoms with Gasteiger partial charge in [0.2, 0.25) is 11.8 Å². The molecule has 1 aliphatic heterocycles. The van der Waals surface area contributed by atoms with Crippen LogP contribution in [0.3, 0.4) is 0 Å². The van der Waals surface area contributed by atoms with Crippen molar-refractivity contribution in [1.82, 2.24) is 19.7 Å². The Bertz CT molecular complexity index is 1070. The summed E-state index contributed by atoms with van der Waals surface area (Å²) in [5.41, 5.74) is 2.51. The van der Waals surface area contributed by atoms with Gasteiger partial charge in [-0.15, -0.1) is 5.10 Å². The van der Waals surface area contributed by atoms with Crippen molar-refractivity contribution in [3.05, 3.63) is 54.6 Å². The van der Waals surface area contributed by atoms with Crippen molar-refractivity contribution in [3.8, 4) is 22.8 Å². The van der Waals surface area contributed by atoms with Crippen LogP contribution in [0.4, 0.5) is 5.69 Å². The maximum atomic E-state index is 12.9. The standard InChI is InChI=1S/C26H31N5O2/c1-2-3-12-23(32)27-22-15-13-20(14-16-22)25-28-26(21-10-6-4-7-11-21)31(29-25)19-24(33)30-17-8-5-9-18-30/h4,6-7,10-11,13-16H,2-3,5,8-9,12,17-19H2,1H3,(H,27,32).